The van der Waals surface area contributed by atoms with Gasteiger partial charge in [0.1, 0.15) is 6.04 Å². The zero-order valence-corrected chi connectivity index (χ0v) is 17.2. The first-order valence-corrected chi connectivity index (χ1v) is 9.55. The van der Waals surface area contributed by atoms with E-state index in [9.17, 15) is 14.4 Å². The minimum atomic E-state index is -0.562. The molecular weight excluding hydrogens is 398 g/mol. The third-order valence-electron chi connectivity index (χ3n) is 4.38. The van der Waals surface area contributed by atoms with Crippen molar-refractivity contribution in [2.75, 3.05) is 25.5 Å². The van der Waals surface area contributed by atoms with Crippen molar-refractivity contribution in [3.63, 3.8) is 0 Å². The first-order chi connectivity index (χ1) is 12.2. The van der Waals surface area contributed by atoms with Gasteiger partial charge in [0.05, 0.1) is 5.92 Å². The predicted octanol–water partition coefficient (Wildman–Crippen LogP) is 2.42. The highest BCUT2D eigenvalue weighted by Gasteiger charge is 2.36. The lowest BCUT2D eigenvalue weighted by Gasteiger charge is -2.24. The van der Waals surface area contributed by atoms with E-state index in [1.165, 1.54) is 4.90 Å². The van der Waals surface area contributed by atoms with Crippen molar-refractivity contribution in [1.29, 1.82) is 0 Å². The summed E-state index contributed by atoms with van der Waals surface area (Å²) < 4.78 is 0.879. The van der Waals surface area contributed by atoms with Gasteiger partial charge < -0.3 is 15.1 Å². The molecule has 1 heterocycles. The van der Waals surface area contributed by atoms with Crippen LogP contribution in [0.15, 0.2) is 28.7 Å². The monoisotopic (exact) mass is 423 g/mol. The van der Waals surface area contributed by atoms with Crippen molar-refractivity contribution < 1.29 is 14.4 Å². The number of amides is 3. The summed E-state index contributed by atoms with van der Waals surface area (Å²) in [6.07, 6.45) is 0.724. The van der Waals surface area contributed by atoms with E-state index < -0.39 is 12.0 Å². The minimum Gasteiger partial charge on any atom is -0.347 e. The molecule has 1 aliphatic rings. The van der Waals surface area contributed by atoms with E-state index in [1.54, 1.807) is 19.0 Å². The number of carbonyl (C=O) groups is 3. The van der Waals surface area contributed by atoms with Crippen molar-refractivity contribution in [3.05, 3.63) is 28.7 Å². The van der Waals surface area contributed by atoms with Gasteiger partial charge in [0.15, 0.2) is 0 Å². The Morgan fingerprint density at radius 3 is 2.62 bits per heavy atom. The number of hydrogen-bond acceptors (Lipinski definition) is 3. The molecule has 1 fully saturated rings. The van der Waals surface area contributed by atoms with E-state index >= 15 is 0 Å². The van der Waals surface area contributed by atoms with Gasteiger partial charge in [-0.3, -0.25) is 14.4 Å². The quantitative estimate of drug-likeness (QED) is 0.763. The molecule has 0 spiro atoms. The van der Waals surface area contributed by atoms with E-state index in [0.717, 1.165) is 10.2 Å². The number of nitrogens with one attached hydrogen (secondary N) is 1. The zero-order chi connectivity index (χ0) is 19.4. The summed E-state index contributed by atoms with van der Waals surface area (Å²) >= 11 is 3.40. The first-order valence-electron chi connectivity index (χ1n) is 8.76. The highest BCUT2D eigenvalue weighted by Crippen LogP contribution is 2.27. The Morgan fingerprint density at radius 2 is 2.04 bits per heavy atom. The Bertz CT molecular complexity index is 690. The second-order valence-corrected chi connectivity index (χ2v) is 8.22. The molecular formula is C19H26BrN3O3. The molecule has 3 amide bonds. The predicted molar refractivity (Wildman–Crippen MR) is 105 cm³/mol. The van der Waals surface area contributed by atoms with Crippen molar-refractivity contribution >= 4 is 39.3 Å². The van der Waals surface area contributed by atoms with Crippen LogP contribution in [0.5, 0.6) is 0 Å². The highest BCUT2D eigenvalue weighted by atomic mass is 79.9. The van der Waals surface area contributed by atoms with E-state index in [4.69, 9.17) is 0 Å². The van der Waals surface area contributed by atoms with Crippen LogP contribution in [0, 0.1) is 11.8 Å². The second-order valence-electron chi connectivity index (χ2n) is 7.31. The van der Waals surface area contributed by atoms with Crippen molar-refractivity contribution in [3.8, 4) is 0 Å². The third kappa shape index (κ3) is 5.06. The number of benzene rings is 1. The van der Waals surface area contributed by atoms with Crippen molar-refractivity contribution in [2.24, 2.45) is 11.8 Å². The molecule has 0 saturated carbocycles. The molecule has 1 saturated heterocycles. The van der Waals surface area contributed by atoms with Crippen LogP contribution in [0.1, 0.15) is 26.7 Å². The van der Waals surface area contributed by atoms with E-state index in [2.05, 4.69) is 21.2 Å². The number of likely N-dealkylation sites (N-methyl/N-ethyl adjacent to an activating group) is 1. The molecule has 2 unspecified atom stereocenters. The van der Waals surface area contributed by atoms with Gasteiger partial charge in [0, 0.05) is 37.2 Å². The Balaban J connectivity index is 2.07. The molecule has 1 N–H and O–H groups in total. The summed E-state index contributed by atoms with van der Waals surface area (Å²) in [6.45, 7) is 4.35. The number of anilines is 1. The highest BCUT2D eigenvalue weighted by molar-refractivity contribution is 9.10. The molecule has 1 aromatic carbocycles. The molecule has 2 rings (SSSR count). The van der Waals surface area contributed by atoms with Gasteiger partial charge in [-0.1, -0.05) is 35.8 Å². The van der Waals surface area contributed by atoms with Crippen LogP contribution in [0.4, 0.5) is 5.69 Å². The van der Waals surface area contributed by atoms with Crippen LogP contribution in [-0.4, -0.2) is 49.3 Å². The first kappa shape index (κ1) is 20.4. The molecule has 7 heteroatoms. The van der Waals surface area contributed by atoms with Gasteiger partial charge in [0.25, 0.3) is 0 Å². The second kappa shape index (κ2) is 8.66. The van der Waals surface area contributed by atoms with E-state index in [1.807, 2.05) is 38.1 Å². The van der Waals surface area contributed by atoms with Crippen molar-refractivity contribution in [1.82, 2.24) is 10.2 Å². The lowest BCUT2D eigenvalue weighted by Crippen LogP contribution is -2.49. The van der Waals surface area contributed by atoms with E-state index in [0.29, 0.717) is 13.0 Å². The average molecular weight is 424 g/mol. The smallest absolute Gasteiger partial charge is 0.244 e. The Kier molecular flexibility index (Phi) is 6.81. The molecule has 2 atom stereocenters. The fourth-order valence-corrected chi connectivity index (χ4v) is 3.46. The van der Waals surface area contributed by atoms with Crippen LogP contribution >= 0.6 is 15.9 Å². The molecule has 1 aliphatic heterocycles. The normalized spacial score (nSPS) is 18.2. The number of hydrogen-bond donors (Lipinski definition) is 1. The Morgan fingerprint density at radius 1 is 1.35 bits per heavy atom. The lowest BCUT2D eigenvalue weighted by molar-refractivity contribution is -0.136. The van der Waals surface area contributed by atoms with Crippen molar-refractivity contribution in [2.45, 2.75) is 32.7 Å². The number of rotatable bonds is 6. The summed E-state index contributed by atoms with van der Waals surface area (Å²) in [5, 5.41) is 2.86. The Hall–Kier alpha value is -1.89. The van der Waals surface area contributed by atoms with Gasteiger partial charge in [-0.25, -0.2) is 0 Å². The van der Waals surface area contributed by atoms with Crippen LogP contribution in [0.25, 0.3) is 0 Å². The van der Waals surface area contributed by atoms with Gasteiger partial charge >= 0.3 is 0 Å². The number of nitrogens with zero attached hydrogens (tertiary/aromatic N) is 2. The van der Waals surface area contributed by atoms with Crippen LogP contribution in [0.2, 0.25) is 0 Å². The Labute approximate surface area is 163 Å². The zero-order valence-electron chi connectivity index (χ0n) is 15.7. The maximum absolute atomic E-state index is 12.7. The molecule has 0 aromatic heterocycles. The fraction of sp³-hybridized carbons (Fsp3) is 0.526. The van der Waals surface area contributed by atoms with Crippen LogP contribution in [-0.2, 0) is 14.4 Å². The molecule has 0 bridgehead atoms. The molecule has 142 valence electrons. The average Bonchev–Trinajstić information content (AvgIpc) is 2.95. The summed E-state index contributed by atoms with van der Waals surface area (Å²) in [7, 11) is 3.35. The fourth-order valence-electron chi connectivity index (χ4n) is 3.07. The summed E-state index contributed by atoms with van der Waals surface area (Å²) in [4.78, 5) is 40.5. The van der Waals surface area contributed by atoms with Gasteiger partial charge in [0.2, 0.25) is 17.7 Å². The molecule has 0 radical (unpaired) electrons. The van der Waals surface area contributed by atoms with Gasteiger partial charge in [-0.15, -0.1) is 0 Å². The maximum atomic E-state index is 12.7. The third-order valence-corrected chi connectivity index (χ3v) is 4.87. The lowest BCUT2D eigenvalue weighted by atomic mass is 10.0. The topological polar surface area (TPSA) is 69.7 Å². The molecule has 0 aliphatic carbocycles. The SMILES string of the molecule is CC(C)CC(NC(=O)C1CC(=O)N(c2cccc(Br)c2)C1)C(=O)N(C)C. The molecule has 26 heavy (non-hydrogen) atoms. The summed E-state index contributed by atoms with van der Waals surface area (Å²) in [5.74, 6) is -0.627. The summed E-state index contributed by atoms with van der Waals surface area (Å²) in [6, 6.07) is 6.88. The standard InChI is InChI=1S/C19H26BrN3O3/c1-12(2)8-16(19(26)22(3)4)21-18(25)13-9-17(24)23(11-13)15-7-5-6-14(20)10-15/h5-7,10,12-13,16H,8-9,11H2,1-4H3,(H,21,25). The van der Waals surface area contributed by atoms with Crippen LogP contribution in [0.3, 0.4) is 0 Å². The van der Waals surface area contributed by atoms with Crippen LogP contribution < -0.4 is 10.2 Å². The van der Waals surface area contributed by atoms with Gasteiger partial charge in [-0.2, -0.15) is 0 Å². The maximum Gasteiger partial charge on any atom is 0.244 e. The number of halogens is 1. The van der Waals surface area contributed by atoms with Gasteiger partial charge in [-0.05, 0) is 30.5 Å². The molecule has 1 aromatic rings. The van der Waals surface area contributed by atoms with E-state index in [-0.39, 0.29) is 30.1 Å². The largest absolute Gasteiger partial charge is 0.347 e. The summed E-state index contributed by atoms with van der Waals surface area (Å²) in [5.41, 5.74) is 0.766. The minimum absolute atomic E-state index is 0.0809. The molecule has 6 nitrogen and oxygen atoms in total. The number of carbonyl (C=O) groups excluding carboxylic acids is 3.